The third-order valence-electron chi connectivity index (χ3n) is 3.54. The van der Waals surface area contributed by atoms with Gasteiger partial charge in [-0.15, -0.1) is 0 Å². The van der Waals surface area contributed by atoms with E-state index in [-0.39, 0.29) is 5.60 Å². The van der Waals surface area contributed by atoms with E-state index in [0.717, 1.165) is 0 Å². The van der Waals surface area contributed by atoms with E-state index in [9.17, 15) is 5.11 Å². The van der Waals surface area contributed by atoms with Crippen LogP contribution in [0.2, 0.25) is 0 Å². The zero-order chi connectivity index (χ0) is 19.6. The van der Waals surface area contributed by atoms with Crippen molar-refractivity contribution >= 4 is 0 Å². The van der Waals surface area contributed by atoms with Crippen LogP contribution in [0.4, 0.5) is 0 Å². The summed E-state index contributed by atoms with van der Waals surface area (Å²) in [6.07, 6.45) is -3.13. The highest BCUT2D eigenvalue weighted by Crippen LogP contribution is 2.32. The average molecular weight is 363 g/mol. The van der Waals surface area contributed by atoms with Crippen molar-refractivity contribution in [1.82, 2.24) is 0 Å². The number of ether oxygens (including phenoxy) is 5. The van der Waals surface area contributed by atoms with Crippen LogP contribution in [0.1, 0.15) is 62.3 Å². The highest BCUT2D eigenvalue weighted by molar-refractivity contribution is 4.94. The molecule has 0 amide bonds. The van der Waals surface area contributed by atoms with Crippen LogP contribution in [0.5, 0.6) is 0 Å². The fraction of sp³-hybridized carbons (Fsp3) is 1.00. The van der Waals surface area contributed by atoms with E-state index in [4.69, 9.17) is 23.7 Å². The lowest BCUT2D eigenvalue weighted by Gasteiger charge is -2.48. The molecule has 1 aliphatic heterocycles. The molecule has 0 aromatic carbocycles. The molecule has 0 radical (unpaired) electrons. The van der Waals surface area contributed by atoms with Gasteiger partial charge in [0, 0.05) is 7.11 Å². The van der Waals surface area contributed by atoms with Gasteiger partial charge in [-0.05, 0) is 62.3 Å². The van der Waals surface area contributed by atoms with Crippen LogP contribution in [0, 0.1) is 0 Å². The molecule has 1 N–H and O–H groups in total. The average Bonchev–Trinajstić information content (AvgIpc) is 2.36. The summed E-state index contributed by atoms with van der Waals surface area (Å²) in [4.78, 5) is 0. The van der Waals surface area contributed by atoms with Gasteiger partial charge in [-0.2, -0.15) is 0 Å². The Balaban J connectivity index is 3.12. The highest BCUT2D eigenvalue weighted by atomic mass is 16.7. The van der Waals surface area contributed by atoms with Crippen molar-refractivity contribution in [2.24, 2.45) is 0 Å². The molecule has 1 aliphatic rings. The molecule has 6 nitrogen and oxygen atoms in total. The second-order valence-corrected chi connectivity index (χ2v) is 9.58. The minimum absolute atomic E-state index is 0.293. The quantitative estimate of drug-likeness (QED) is 0.811. The van der Waals surface area contributed by atoms with Gasteiger partial charge < -0.3 is 28.8 Å². The maximum atomic E-state index is 10.4. The van der Waals surface area contributed by atoms with Crippen LogP contribution in [0.15, 0.2) is 0 Å². The third kappa shape index (κ3) is 7.89. The Labute approximate surface area is 153 Å². The molecular formula is C19H38O6. The van der Waals surface area contributed by atoms with E-state index < -0.39 is 41.9 Å². The Morgan fingerprint density at radius 2 is 1.24 bits per heavy atom. The van der Waals surface area contributed by atoms with E-state index >= 15 is 0 Å². The van der Waals surface area contributed by atoms with Crippen LogP contribution in [-0.4, -0.2) is 66.3 Å². The van der Waals surface area contributed by atoms with Gasteiger partial charge in [-0.25, -0.2) is 0 Å². The smallest absolute Gasteiger partial charge is 0.184 e. The summed E-state index contributed by atoms with van der Waals surface area (Å²) >= 11 is 0. The van der Waals surface area contributed by atoms with Crippen LogP contribution in [0.25, 0.3) is 0 Å². The number of hydrogen-bond donors (Lipinski definition) is 1. The molecule has 1 rings (SSSR count). The molecule has 0 bridgehead atoms. The first-order valence-corrected chi connectivity index (χ1v) is 8.99. The topological polar surface area (TPSA) is 66.4 Å². The summed E-state index contributed by atoms with van der Waals surface area (Å²) < 4.78 is 29.7. The fourth-order valence-electron chi connectivity index (χ4n) is 2.71. The van der Waals surface area contributed by atoms with E-state index in [1.54, 1.807) is 0 Å². The Morgan fingerprint density at radius 3 is 1.64 bits per heavy atom. The number of aliphatic hydroxyl groups excluding tert-OH is 1. The first-order chi connectivity index (χ1) is 11.1. The van der Waals surface area contributed by atoms with E-state index in [2.05, 4.69) is 0 Å². The van der Waals surface area contributed by atoms with Gasteiger partial charge in [-0.3, -0.25) is 0 Å². The van der Waals surface area contributed by atoms with Crippen LogP contribution in [0.3, 0.4) is 0 Å². The number of aliphatic hydroxyl groups is 1. The van der Waals surface area contributed by atoms with Crippen molar-refractivity contribution in [2.45, 2.75) is 110 Å². The molecule has 5 atom stereocenters. The lowest BCUT2D eigenvalue weighted by atomic mass is 9.96. The van der Waals surface area contributed by atoms with Crippen LogP contribution >= 0.6 is 0 Å². The van der Waals surface area contributed by atoms with Gasteiger partial charge >= 0.3 is 0 Å². The van der Waals surface area contributed by atoms with Crippen molar-refractivity contribution in [3.8, 4) is 0 Å². The van der Waals surface area contributed by atoms with Crippen LogP contribution < -0.4 is 0 Å². The lowest BCUT2D eigenvalue weighted by molar-refractivity contribution is -0.331. The first-order valence-electron chi connectivity index (χ1n) is 8.99. The van der Waals surface area contributed by atoms with Crippen molar-refractivity contribution in [3.63, 3.8) is 0 Å². The van der Waals surface area contributed by atoms with Gasteiger partial charge in [0.1, 0.15) is 24.4 Å². The molecule has 1 fully saturated rings. The normalized spacial score (nSPS) is 32.0. The molecule has 0 aliphatic carbocycles. The molecule has 0 aromatic rings. The monoisotopic (exact) mass is 362 g/mol. The summed E-state index contributed by atoms with van der Waals surface area (Å²) in [5.74, 6) is 0. The van der Waals surface area contributed by atoms with Gasteiger partial charge in [-0.1, -0.05) is 0 Å². The van der Waals surface area contributed by atoms with E-state index in [1.807, 2.05) is 62.3 Å². The number of methoxy groups -OCH3 is 1. The second kappa shape index (κ2) is 8.19. The maximum absolute atomic E-state index is 10.4. The zero-order valence-corrected chi connectivity index (χ0v) is 17.6. The third-order valence-corrected chi connectivity index (χ3v) is 3.54. The SMILES string of the molecule is COC1C(O)OC(COC(C)(C)C)C(OC(C)(C)C)[C@@H]1OC(C)(C)C. The molecule has 4 unspecified atom stereocenters. The minimum atomic E-state index is -1.11. The lowest BCUT2D eigenvalue weighted by Crippen LogP contribution is -2.63. The summed E-state index contributed by atoms with van der Waals surface area (Å²) in [6.45, 7) is 18.1. The molecule has 6 heteroatoms. The molecule has 0 saturated carbocycles. The van der Waals surface area contributed by atoms with Crippen molar-refractivity contribution in [3.05, 3.63) is 0 Å². The summed E-state index contributed by atoms with van der Waals surface area (Å²) in [5, 5.41) is 10.4. The maximum Gasteiger partial charge on any atom is 0.184 e. The summed E-state index contributed by atoms with van der Waals surface area (Å²) in [7, 11) is 1.54. The van der Waals surface area contributed by atoms with Crippen molar-refractivity contribution in [2.75, 3.05) is 13.7 Å². The second-order valence-electron chi connectivity index (χ2n) is 9.58. The molecule has 0 aromatic heterocycles. The van der Waals surface area contributed by atoms with Crippen molar-refractivity contribution < 1.29 is 28.8 Å². The Kier molecular flexibility index (Phi) is 7.47. The molecular weight excluding hydrogens is 324 g/mol. The molecule has 25 heavy (non-hydrogen) atoms. The predicted octanol–water partition coefficient (Wildman–Crippen LogP) is 2.90. The number of rotatable bonds is 5. The fourth-order valence-corrected chi connectivity index (χ4v) is 2.71. The zero-order valence-electron chi connectivity index (χ0n) is 17.6. The largest absolute Gasteiger partial charge is 0.373 e. The summed E-state index contributed by atoms with van der Waals surface area (Å²) in [5.41, 5.74) is -1.15. The molecule has 1 saturated heterocycles. The first kappa shape index (κ1) is 22.8. The Morgan fingerprint density at radius 1 is 0.760 bits per heavy atom. The Hall–Kier alpha value is -0.240. The Bertz CT molecular complexity index is 404. The van der Waals surface area contributed by atoms with E-state index in [1.165, 1.54) is 7.11 Å². The van der Waals surface area contributed by atoms with Crippen LogP contribution in [-0.2, 0) is 23.7 Å². The molecule has 1 heterocycles. The standard InChI is InChI=1S/C19H38O6/c1-17(2,3)22-11-12-13(24-18(4,5)6)14(25-19(7,8)9)15(21-10)16(20)23-12/h12-16,20H,11H2,1-10H3/t12?,13?,14-,15?,16?/m0/s1. The predicted molar refractivity (Wildman–Crippen MR) is 96.6 cm³/mol. The van der Waals surface area contributed by atoms with E-state index in [0.29, 0.717) is 6.61 Å². The molecule has 0 spiro atoms. The van der Waals surface area contributed by atoms with Gasteiger partial charge in [0.05, 0.1) is 23.4 Å². The minimum Gasteiger partial charge on any atom is -0.373 e. The molecule has 150 valence electrons. The summed E-state index contributed by atoms with van der Waals surface area (Å²) in [6, 6.07) is 0. The van der Waals surface area contributed by atoms with Gasteiger partial charge in [0.15, 0.2) is 6.29 Å². The van der Waals surface area contributed by atoms with Gasteiger partial charge in [0.2, 0.25) is 0 Å². The highest BCUT2D eigenvalue weighted by Gasteiger charge is 2.50. The number of hydrogen-bond acceptors (Lipinski definition) is 6. The van der Waals surface area contributed by atoms with Crippen molar-refractivity contribution in [1.29, 1.82) is 0 Å². The van der Waals surface area contributed by atoms with Gasteiger partial charge in [0.25, 0.3) is 0 Å².